The number of aromatic nitrogens is 5. The van der Waals surface area contributed by atoms with E-state index in [-0.39, 0.29) is 17.8 Å². The highest BCUT2D eigenvalue weighted by Crippen LogP contribution is 2.37. The molecule has 10 heteroatoms. The van der Waals surface area contributed by atoms with Crippen molar-refractivity contribution in [3.63, 3.8) is 0 Å². The van der Waals surface area contributed by atoms with Gasteiger partial charge in [0.25, 0.3) is 0 Å². The van der Waals surface area contributed by atoms with Gasteiger partial charge in [-0.3, -0.25) is 10.1 Å². The molecular formula is C18H24N8O2. The second kappa shape index (κ2) is 6.99. The van der Waals surface area contributed by atoms with Gasteiger partial charge in [0.15, 0.2) is 5.82 Å². The maximum absolute atomic E-state index is 11.4. The van der Waals surface area contributed by atoms with Crippen molar-refractivity contribution >= 4 is 17.5 Å². The summed E-state index contributed by atoms with van der Waals surface area (Å²) in [6.07, 6.45) is 9.85. The number of nitrogens with one attached hydrogen (secondary N) is 1. The van der Waals surface area contributed by atoms with Gasteiger partial charge in [-0.25, -0.2) is 4.98 Å². The molecule has 0 bridgehead atoms. The average molecular weight is 384 g/mol. The van der Waals surface area contributed by atoms with Gasteiger partial charge in [0.05, 0.1) is 11.0 Å². The van der Waals surface area contributed by atoms with Crippen molar-refractivity contribution in [2.75, 3.05) is 16.8 Å². The summed E-state index contributed by atoms with van der Waals surface area (Å²) >= 11 is 0. The summed E-state index contributed by atoms with van der Waals surface area (Å²) in [4.78, 5) is 21.9. The Bertz CT molecular complexity index is 894. The van der Waals surface area contributed by atoms with E-state index < -0.39 is 4.92 Å². The van der Waals surface area contributed by atoms with E-state index in [9.17, 15) is 10.1 Å². The van der Waals surface area contributed by atoms with Crippen LogP contribution in [0, 0.1) is 10.1 Å². The summed E-state index contributed by atoms with van der Waals surface area (Å²) in [6, 6.07) is 0.345. The molecule has 3 aliphatic rings. The van der Waals surface area contributed by atoms with Crippen LogP contribution in [-0.4, -0.2) is 42.2 Å². The van der Waals surface area contributed by atoms with Gasteiger partial charge in [-0.15, -0.1) is 10.2 Å². The van der Waals surface area contributed by atoms with Crippen molar-refractivity contribution < 1.29 is 4.92 Å². The van der Waals surface area contributed by atoms with Crippen molar-refractivity contribution in [3.05, 3.63) is 28.0 Å². The van der Waals surface area contributed by atoms with E-state index in [4.69, 9.17) is 0 Å². The molecule has 1 atom stereocenters. The zero-order chi connectivity index (χ0) is 19.1. The van der Waals surface area contributed by atoms with Gasteiger partial charge in [0.1, 0.15) is 12.0 Å². The summed E-state index contributed by atoms with van der Waals surface area (Å²) in [5.41, 5.74) is -0.0669. The van der Waals surface area contributed by atoms with Crippen molar-refractivity contribution in [2.24, 2.45) is 0 Å². The summed E-state index contributed by atoms with van der Waals surface area (Å²) in [6.45, 7) is 1.77. The van der Waals surface area contributed by atoms with Gasteiger partial charge in [-0.05, 0) is 38.5 Å². The van der Waals surface area contributed by atoms with Crippen LogP contribution >= 0.6 is 0 Å². The fourth-order valence-electron chi connectivity index (χ4n) is 4.19. The lowest BCUT2D eigenvalue weighted by atomic mass is 10.2. The molecule has 0 spiro atoms. The third-order valence-corrected chi connectivity index (χ3v) is 5.82. The number of hydrogen-bond donors (Lipinski definition) is 1. The second-order valence-corrected chi connectivity index (χ2v) is 7.87. The van der Waals surface area contributed by atoms with E-state index in [2.05, 4.69) is 34.9 Å². The van der Waals surface area contributed by atoms with Crippen LogP contribution in [0.4, 0.5) is 17.5 Å². The Morgan fingerprint density at radius 3 is 2.82 bits per heavy atom. The molecule has 0 aromatic carbocycles. The highest BCUT2D eigenvalue weighted by atomic mass is 16.6. The molecule has 2 aromatic heterocycles. The molecule has 0 radical (unpaired) electrons. The topological polar surface area (TPSA) is 115 Å². The van der Waals surface area contributed by atoms with E-state index in [1.165, 1.54) is 12.6 Å². The molecule has 1 saturated carbocycles. The van der Waals surface area contributed by atoms with Crippen LogP contribution in [0.2, 0.25) is 0 Å². The number of nitrogens with zero attached hydrogens (tertiary/aromatic N) is 7. The van der Waals surface area contributed by atoms with Gasteiger partial charge >= 0.3 is 5.69 Å². The van der Waals surface area contributed by atoms with Crippen LogP contribution in [0.15, 0.2) is 6.20 Å². The molecule has 10 nitrogen and oxygen atoms in total. The van der Waals surface area contributed by atoms with Gasteiger partial charge in [-0.2, -0.15) is 4.98 Å². The van der Waals surface area contributed by atoms with Crippen LogP contribution in [0.5, 0.6) is 0 Å². The van der Waals surface area contributed by atoms with Crippen molar-refractivity contribution in [1.29, 1.82) is 0 Å². The number of rotatable bonds is 5. The third kappa shape index (κ3) is 3.16. The van der Waals surface area contributed by atoms with Crippen molar-refractivity contribution in [2.45, 2.75) is 70.0 Å². The highest BCUT2D eigenvalue weighted by molar-refractivity contribution is 5.58. The first-order valence-corrected chi connectivity index (χ1v) is 10.2. The lowest BCUT2D eigenvalue weighted by Crippen LogP contribution is -2.27. The van der Waals surface area contributed by atoms with Gasteiger partial charge in [0.2, 0.25) is 11.8 Å². The minimum atomic E-state index is -0.422. The summed E-state index contributed by atoms with van der Waals surface area (Å²) in [5.74, 6) is 2.90. The number of nitro groups is 1. The minimum absolute atomic E-state index is 0.0644. The molecule has 5 rings (SSSR count). The monoisotopic (exact) mass is 384 g/mol. The largest absolute Gasteiger partial charge is 0.361 e. The number of fused-ring (bicyclic) bond motifs is 1. The van der Waals surface area contributed by atoms with Gasteiger partial charge in [-0.1, -0.05) is 6.42 Å². The molecule has 148 valence electrons. The predicted octanol–water partition coefficient (Wildman–Crippen LogP) is 2.62. The summed E-state index contributed by atoms with van der Waals surface area (Å²) in [7, 11) is 0. The molecular weight excluding hydrogens is 360 g/mol. The quantitative estimate of drug-likeness (QED) is 0.618. The number of anilines is 2. The van der Waals surface area contributed by atoms with E-state index >= 15 is 0 Å². The molecule has 1 unspecified atom stereocenters. The van der Waals surface area contributed by atoms with E-state index in [1.807, 2.05) is 0 Å². The standard InChI is InChI=1S/C18H24N8O2/c27-26(28)14-11-19-18(21-16(14)20-12-7-8-12)24-10-4-5-13(24)17-23-22-15-6-2-1-3-9-25(15)17/h11-13H,1-10H2,(H,19,20,21). The minimum Gasteiger partial charge on any atom is -0.361 e. The van der Waals surface area contributed by atoms with Crippen LogP contribution in [0.1, 0.15) is 62.6 Å². The molecule has 0 amide bonds. The van der Waals surface area contributed by atoms with Gasteiger partial charge in [0, 0.05) is 25.6 Å². The Labute approximate surface area is 162 Å². The van der Waals surface area contributed by atoms with E-state index in [1.54, 1.807) is 0 Å². The third-order valence-electron chi connectivity index (χ3n) is 5.82. The first-order valence-electron chi connectivity index (χ1n) is 10.2. The smallest absolute Gasteiger partial charge is 0.329 e. The Balaban J connectivity index is 1.47. The fraction of sp³-hybridized carbons (Fsp3) is 0.667. The average Bonchev–Trinajstić information content (AvgIpc) is 3.30. The fourth-order valence-corrected chi connectivity index (χ4v) is 4.19. The first kappa shape index (κ1) is 17.3. The first-order chi connectivity index (χ1) is 13.7. The van der Waals surface area contributed by atoms with Gasteiger partial charge < -0.3 is 14.8 Å². The van der Waals surface area contributed by atoms with Crippen LogP contribution in [-0.2, 0) is 13.0 Å². The number of hydrogen-bond acceptors (Lipinski definition) is 8. The SMILES string of the molecule is O=[N+]([O-])c1cnc(N2CCCC2c2nnc3n2CCCCC3)nc1NC1CC1. The van der Waals surface area contributed by atoms with Crippen LogP contribution < -0.4 is 10.2 Å². The zero-order valence-electron chi connectivity index (χ0n) is 15.8. The van der Waals surface area contributed by atoms with Crippen molar-refractivity contribution in [1.82, 2.24) is 24.7 Å². The number of aryl methyl sites for hydroxylation is 1. The van der Waals surface area contributed by atoms with Crippen molar-refractivity contribution in [3.8, 4) is 0 Å². The maximum Gasteiger partial charge on any atom is 0.329 e. The lowest BCUT2D eigenvalue weighted by molar-refractivity contribution is -0.384. The summed E-state index contributed by atoms with van der Waals surface area (Å²) < 4.78 is 2.27. The summed E-state index contributed by atoms with van der Waals surface area (Å²) in [5, 5.41) is 23.5. The Morgan fingerprint density at radius 2 is 2.00 bits per heavy atom. The molecule has 2 fully saturated rings. The van der Waals surface area contributed by atoms with E-state index in [0.717, 1.165) is 69.7 Å². The Hall–Kier alpha value is -2.78. The second-order valence-electron chi connectivity index (χ2n) is 7.87. The maximum atomic E-state index is 11.4. The van der Waals surface area contributed by atoms with E-state index in [0.29, 0.717) is 11.8 Å². The molecule has 1 saturated heterocycles. The molecule has 1 aliphatic carbocycles. The lowest BCUT2D eigenvalue weighted by Gasteiger charge is -2.24. The highest BCUT2D eigenvalue weighted by Gasteiger charge is 2.34. The molecule has 1 N–H and O–H groups in total. The van der Waals surface area contributed by atoms with Crippen LogP contribution in [0.25, 0.3) is 0 Å². The normalized spacial score (nSPS) is 22.0. The molecule has 4 heterocycles. The Morgan fingerprint density at radius 1 is 1.11 bits per heavy atom. The molecule has 2 aromatic rings. The predicted molar refractivity (Wildman–Crippen MR) is 102 cm³/mol. The molecule has 2 aliphatic heterocycles. The Kier molecular flexibility index (Phi) is 4.33. The van der Waals surface area contributed by atoms with Crippen LogP contribution in [0.3, 0.4) is 0 Å². The molecule has 28 heavy (non-hydrogen) atoms. The zero-order valence-corrected chi connectivity index (χ0v) is 15.8.